The molecule has 154 valence electrons. The number of likely N-dealkylation sites (N-methyl/N-ethyl adjacent to an activating group) is 1. The van der Waals surface area contributed by atoms with Crippen molar-refractivity contribution in [3.8, 4) is 0 Å². The minimum Gasteiger partial charge on any atom is -0.475 e. The number of carboxylic acids is 1. The molecule has 2 heterocycles. The van der Waals surface area contributed by atoms with Gasteiger partial charge in [-0.05, 0) is 30.3 Å². The first kappa shape index (κ1) is 22.2. The van der Waals surface area contributed by atoms with Crippen molar-refractivity contribution < 1.29 is 27.9 Å². The number of H-pyrrole nitrogens is 1. The van der Waals surface area contributed by atoms with Crippen LogP contribution in [0.25, 0.3) is 11.0 Å². The molecular formula is C18H16ClF3N4O3. The number of aliphatic carboxylic acids is 1. The van der Waals surface area contributed by atoms with Gasteiger partial charge in [-0.1, -0.05) is 17.7 Å². The van der Waals surface area contributed by atoms with Crippen LogP contribution in [0.4, 0.5) is 13.2 Å². The summed E-state index contributed by atoms with van der Waals surface area (Å²) < 4.78 is 31.7. The summed E-state index contributed by atoms with van der Waals surface area (Å²) in [6.45, 7) is 0.577. The molecule has 0 spiro atoms. The quantitative estimate of drug-likeness (QED) is 0.662. The number of hydrogen-bond acceptors (Lipinski definition) is 4. The van der Waals surface area contributed by atoms with Gasteiger partial charge >= 0.3 is 12.1 Å². The first-order chi connectivity index (χ1) is 13.6. The molecule has 0 atom stereocenters. The van der Waals surface area contributed by atoms with Crippen LogP contribution in [0, 0.1) is 0 Å². The Morgan fingerprint density at radius 1 is 1.24 bits per heavy atom. The number of carbonyl (C=O) groups is 2. The van der Waals surface area contributed by atoms with Crippen LogP contribution >= 0.6 is 11.6 Å². The lowest BCUT2D eigenvalue weighted by Crippen LogP contribution is -2.29. The summed E-state index contributed by atoms with van der Waals surface area (Å²) in [6.07, 6.45) is -2.63. The molecule has 29 heavy (non-hydrogen) atoms. The molecule has 0 saturated heterocycles. The Kier molecular flexibility index (Phi) is 7.16. The Morgan fingerprint density at radius 2 is 1.93 bits per heavy atom. The molecule has 0 aliphatic rings. The van der Waals surface area contributed by atoms with Crippen molar-refractivity contribution in [1.82, 2.24) is 19.9 Å². The molecule has 11 heteroatoms. The van der Waals surface area contributed by atoms with E-state index in [-0.39, 0.29) is 5.91 Å². The Morgan fingerprint density at radius 3 is 2.52 bits per heavy atom. The zero-order valence-corrected chi connectivity index (χ0v) is 15.8. The number of carbonyl (C=O) groups excluding carboxylic acids is 1. The number of aromatic nitrogens is 3. The second kappa shape index (κ2) is 9.37. The summed E-state index contributed by atoms with van der Waals surface area (Å²) >= 11 is 5.94. The summed E-state index contributed by atoms with van der Waals surface area (Å²) in [7, 11) is 1.76. The number of alkyl halides is 3. The highest BCUT2D eigenvalue weighted by Crippen LogP contribution is 2.17. The zero-order valence-electron chi connectivity index (χ0n) is 15.1. The van der Waals surface area contributed by atoms with Crippen molar-refractivity contribution in [1.29, 1.82) is 0 Å². The average Bonchev–Trinajstić information content (AvgIpc) is 3.09. The molecule has 2 aromatic heterocycles. The van der Waals surface area contributed by atoms with Crippen molar-refractivity contribution in [2.45, 2.75) is 12.6 Å². The van der Waals surface area contributed by atoms with Crippen LogP contribution in [-0.2, 0) is 11.2 Å². The molecule has 3 aromatic rings. The maximum atomic E-state index is 12.4. The lowest BCUT2D eigenvalue weighted by molar-refractivity contribution is -0.192. The molecule has 0 bridgehead atoms. The minimum atomic E-state index is -5.08. The third kappa shape index (κ3) is 6.46. The molecule has 0 fully saturated rings. The highest BCUT2D eigenvalue weighted by molar-refractivity contribution is 6.31. The highest BCUT2D eigenvalue weighted by atomic mass is 35.5. The Bertz CT molecular complexity index is 993. The number of rotatable bonds is 4. The van der Waals surface area contributed by atoms with Crippen molar-refractivity contribution in [3.05, 3.63) is 59.1 Å². The van der Waals surface area contributed by atoms with Gasteiger partial charge in [0.2, 0.25) is 0 Å². The van der Waals surface area contributed by atoms with Crippen LogP contribution in [0.2, 0.25) is 5.02 Å². The fourth-order valence-corrected chi connectivity index (χ4v) is 2.37. The Balaban J connectivity index is 0.000000370. The molecule has 0 radical (unpaired) electrons. The smallest absolute Gasteiger partial charge is 0.475 e. The molecule has 7 nitrogen and oxygen atoms in total. The number of nitrogens with one attached hydrogen (secondary N) is 1. The lowest BCUT2D eigenvalue weighted by atomic mass is 10.2. The van der Waals surface area contributed by atoms with Crippen LogP contribution in [0.1, 0.15) is 16.3 Å². The number of imidazole rings is 1. The van der Waals surface area contributed by atoms with Gasteiger partial charge in [-0.15, -0.1) is 0 Å². The number of aromatic amines is 1. The second-order valence-electron chi connectivity index (χ2n) is 5.85. The van der Waals surface area contributed by atoms with E-state index in [1.165, 1.54) is 0 Å². The first-order valence-corrected chi connectivity index (χ1v) is 8.56. The molecule has 0 aliphatic heterocycles. The predicted molar refractivity (Wildman–Crippen MR) is 99.7 cm³/mol. The summed E-state index contributed by atoms with van der Waals surface area (Å²) in [5, 5.41) is 7.73. The summed E-state index contributed by atoms with van der Waals surface area (Å²) in [6, 6.07) is 11.1. The molecule has 2 N–H and O–H groups in total. The van der Waals surface area contributed by atoms with Crippen molar-refractivity contribution in [3.63, 3.8) is 0 Å². The molecule has 0 saturated carbocycles. The Hall–Kier alpha value is -3.14. The third-order valence-electron chi connectivity index (χ3n) is 3.67. The predicted octanol–water partition coefficient (Wildman–Crippen LogP) is 3.56. The van der Waals surface area contributed by atoms with Gasteiger partial charge in [-0.2, -0.15) is 13.2 Å². The monoisotopic (exact) mass is 428 g/mol. The fourth-order valence-electron chi connectivity index (χ4n) is 2.19. The van der Waals surface area contributed by atoms with E-state index in [0.29, 0.717) is 23.8 Å². The summed E-state index contributed by atoms with van der Waals surface area (Å²) in [5.74, 6) is -2.59. The number of fused-ring (bicyclic) bond motifs is 1. The van der Waals surface area contributed by atoms with Crippen LogP contribution in [0.3, 0.4) is 0 Å². The van der Waals surface area contributed by atoms with Gasteiger partial charge in [0, 0.05) is 36.9 Å². The summed E-state index contributed by atoms with van der Waals surface area (Å²) in [4.78, 5) is 34.5. The van der Waals surface area contributed by atoms with Gasteiger partial charge in [0.05, 0.1) is 11.0 Å². The molecule has 0 unspecified atom stereocenters. The number of benzene rings is 1. The standard InChI is InChI=1S/C16H15ClN4O.C2HF3O2/c1-21(9-7-12-4-2-3-8-18-12)16(22)15-19-13-6-5-11(17)10-14(13)20-15;3-2(4,5)1(6)7/h2-6,8,10H,7,9H2,1H3,(H,19,20);(H,6,7). The van der Waals surface area contributed by atoms with E-state index in [0.717, 1.165) is 16.7 Å². The molecule has 1 aromatic carbocycles. The van der Waals surface area contributed by atoms with Crippen LogP contribution in [-0.4, -0.2) is 56.6 Å². The van der Waals surface area contributed by atoms with E-state index in [2.05, 4.69) is 15.0 Å². The zero-order chi connectivity index (χ0) is 21.6. The third-order valence-corrected chi connectivity index (χ3v) is 3.90. The molecule has 1 amide bonds. The average molecular weight is 429 g/mol. The molecular weight excluding hydrogens is 413 g/mol. The van der Waals surface area contributed by atoms with Crippen molar-refractivity contribution in [2.75, 3.05) is 13.6 Å². The molecule has 3 rings (SSSR count). The maximum absolute atomic E-state index is 12.4. The maximum Gasteiger partial charge on any atom is 0.490 e. The fraction of sp³-hybridized carbons (Fsp3) is 0.222. The largest absolute Gasteiger partial charge is 0.490 e. The SMILES string of the molecule is CN(CCc1ccccn1)C(=O)c1nc2ccc(Cl)cc2[nH]1.O=C(O)C(F)(F)F. The van der Waals surface area contributed by atoms with Crippen molar-refractivity contribution in [2.24, 2.45) is 0 Å². The van der Waals surface area contributed by atoms with E-state index in [4.69, 9.17) is 21.5 Å². The van der Waals surface area contributed by atoms with Gasteiger partial charge in [-0.3, -0.25) is 9.78 Å². The topological polar surface area (TPSA) is 99.2 Å². The first-order valence-electron chi connectivity index (χ1n) is 8.18. The van der Waals surface area contributed by atoms with E-state index < -0.39 is 12.1 Å². The van der Waals surface area contributed by atoms with Crippen LogP contribution in [0.5, 0.6) is 0 Å². The number of nitrogens with zero attached hydrogens (tertiary/aromatic N) is 3. The van der Waals surface area contributed by atoms with Gasteiger partial charge < -0.3 is 15.0 Å². The molecule has 0 aliphatic carbocycles. The summed E-state index contributed by atoms with van der Waals surface area (Å²) in [5.41, 5.74) is 2.44. The number of carboxylic acid groups (broad SMARTS) is 1. The van der Waals surface area contributed by atoms with E-state index in [9.17, 15) is 18.0 Å². The van der Waals surface area contributed by atoms with E-state index in [1.54, 1.807) is 36.3 Å². The number of hydrogen-bond donors (Lipinski definition) is 2. The number of halogens is 4. The lowest BCUT2D eigenvalue weighted by Gasteiger charge is -2.15. The van der Waals surface area contributed by atoms with Crippen LogP contribution in [0.15, 0.2) is 42.6 Å². The van der Waals surface area contributed by atoms with E-state index >= 15 is 0 Å². The van der Waals surface area contributed by atoms with Crippen LogP contribution < -0.4 is 0 Å². The van der Waals surface area contributed by atoms with Crippen molar-refractivity contribution >= 4 is 34.5 Å². The normalized spacial score (nSPS) is 10.9. The Labute approximate surface area is 168 Å². The van der Waals surface area contributed by atoms with E-state index in [1.807, 2.05) is 18.2 Å². The number of amides is 1. The minimum absolute atomic E-state index is 0.150. The highest BCUT2D eigenvalue weighted by Gasteiger charge is 2.38. The number of pyridine rings is 1. The van der Waals surface area contributed by atoms with Gasteiger partial charge in [0.15, 0.2) is 5.82 Å². The van der Waals surface area contributed by atoms with Gasteiger partial charge in [0.1, 0.15) is 0 Å². The van der Waals surface area contributed by atoms with Gasteiger partial charge in [-0.25, -0.2) is 9.78 Å². The van der Waals surface area contributed by atoms with Gasteiger partial charge in [0.25, 0.3) is 5.91 Å². The second-order valence-corrected chi connectivity index (χ2v) is 6.28.